The van der Waals surface area contributed by atoms with Gasteiger partial charge in [-0.3, -0.25) is 9.59 Å². The topological polar surface area (TPSA) is 75.6 Å². The summed E-state index contributed by atoms with van der Waals surface area (Å²) >= 11 is 0. The van der Waals surface area contributed by atoms with E-state index in [1.54, 1.807) is 0 Å². The number of nitrogens with one attached hydrogen (secondary N) is 1. The summed E-state index contributed by atoms with van der Waals surface area (Å²) in [7, 11) is 0. The van der Waals surface area contributed by atoms with Crippen LogP contribution in [0.25, 0.3) is 0 Å². The molecule has 3 rings (SSSR count). The van der Waals surface area contributed by atoms with Gasteiger partial charge in [0.15, 0.2) is 0 Å². The minimum Gasteiger partial charge on any atom is -0.488 e. The van der Waals surface area contributed by atoms with Crippen LogP contribution in [0.5, 0.6) is 5.75 Å². The third kappa shape index (κ3) is 4.08. The highest BCUT2D eigenvalue weighted by Crippen LogP contribution is 2.33. The molecule has 0 heterocycles. The minimum absolute atomic E-state index is 0.0266. The number of rotatable bonds is 5. The molecule has 0 spiro atoms. The summed E-state index contributed by atoms with van der Waals surface area (Å²) < 4.78 is 6.05. The maximum absolute atomic E-state index is 12.5. The van der Waals surface area contributed by atoms with Gasteiger partial charge in [0.2, 0.25) is 5.91 Å². The second-order valence-corrected chi connectivity index (χ2v) is 6.90. The summed E-state index contributed by atoms with van der Waals surface area (Å²) in [5.41, 5.74) is 0.717. The van der Waals surface area contributed by atoms with Crippen LogP contribution in [0, 0.1) is 11.8 Å². The van der Waals surface area contributed by atoms with Crippen molar-refractivity contribution in [1.82, 2.24) is 0 Å². The number of benzene rings is 1. The van der Waals surface area contributed by atoms with Gasteiger partial charge in [-0.25, -0.2) is 0 Å². The van der Waals surface area contributed by atoms with Gasteiger partial charge < -0.3 is 15.2 Å². The first kappa shape index (κ1) is 16.8. The normalized spacial score (nSPS) is 24.5. The molecule has 2 N–H and O–H groups in total. The Kier molecular flexibility index (Phi) is 5.38. The Morgan fingerprint density at radius 1 is 0.958 bits per heavy atom. The van der Waals surface area contributed by atoms with E-state index in [0.717, 1.165) is 24.3 Å². The fourth-order valence-electron chi connectivity index (χ4n) is 3.70. The van der Waals surface area contributed by atoms with Gasteiger partial charge in [-0.15, -0.1) is 0 Å². The summed E-state index contributed by atoms with van der Waals surface area (Å²) in [6.45, 7) is 0. The molecule has 130 valence electrons. The number of hydrogen-bond acceptors (Lipinski definition) is 3. The fourth-order valence-corrected chi connectivity index (χ4v) is 3.70. The number of hydrogen-bond donors (Lipinski definition) is 2. The molecular weight excluding hydrogens is 306 g/mol. The van der Waals surface area contributed by atoms with Crippen LogP contribution in [-0.2, 0) is 9.59 Å². The molecule has 0 saturated heterocycles. The van der Waals surface area contributed by atoms with Crippen molar-refractivity contribution < 1.29 is 19.4 Å². The number of carbonyl (C=O) groups is 2. The Balaban J connectivity index is 1.59. The van der Waals surface area contributed by atoms with Crippen molar-refractivity contribution in [3.8, 4) is 5.75 Å². The van der Waals surface area contributed by atoms with E-state index < -0.39 is 5.97 Å². The monoisotopic (exact) mass is 331 g/mol. The summed E-state index contributed by atoms with van der Waals surface area (Å²) in [6.07, 6.45) is 7.21. The Morgan fingerprint density at radius 2 is 1.58 bits per heavy atom. The lowest BCUT2D eigenvalue weighted by molar-refractivity contribution is -0.143. The molecule has 0 atom stereocenters. The minimum atomic E-state index is -0.746. The van der Waals surface area contributed by atoms with Crippen LogP contribution < -0.4 is 10.1 Å². The number of ether oxygens (including phenoxy) is 1. The van der Waals surface area contributed by atoms with Crippen LogP contribution >= 0.6 is 0 Å². The van der Waals surface area contributed by atoms with Crippen LogP contribution in [0.15, 0.2) is 24.3 Å². The molecule has 0 aliphatic heterocycles. The molecule has 2 saturated carbocycles. The zero-order valence-corrected chi connectivity index (χ0v) is 13.9. The molecule has 5 heteroatoms. The molecule has 5 nitrogen and oxygen atoms in total. The zero-order chi connectivity index (χ0) is 16.9. The third-order valence-electron chi connectivity index (χ3n) is 5.19. The van der Waals surface area contributed by atoms with Crippen molar-refractivity contribution >= 4 is 17.6 Å². The number of para-hydroxylation sites is 2. The molecule has 0 bridgehead atoms. The average Bonchev–Trinajstić information content (AvgIpc) is 3.10. The standard InChI is InChI=1S/C19H25NO4/c21-18(13-9-11-14(12-10-13)19(22)23)20-16-7-3-4-8-17(16)24-15-5-1-2-6-15/h3-4,7-8,13-15H,1-2,5-6,9-12H2,(H,20,21)(H,22,23). The lowest BCUT2D eigenvalue weighted by Gasteiger charge is -2.25. The van der Waals surface area contributed by atoms with Gasteiger partial charge in [0, 0.05) is 5.92 Å². The number of aliphatic carboxylic acids is 1. The van der Waals surface area contributed by atoms with Crippen LogP contribution in [0.3, 0.4) is 0 Å². The van der Waals surface area contributed by atoms with Gasteiger partial charge in [-0.05, 0) is 63.5 Å². The summed E-state index contributed by atoms with van der Waals surface area (Å²) in [5, 5.41) is 12.0. The molecule has 1 amide bonds. The zero-order valence-electron chi connectivity index (χ0n) is 13.9. The summed E-state index contributed by atoms with van der Waals surface area (Å²) in [6, 6.07) is 7.57. The van der Waals surface area contributed by atoms with Crippen molar-refractivity contribution in [2.75, 3.05) is 5.32 Å². The molecule has 0 radical (unpaired) electrons. The Morgan fingerprint density at radius 3 is 2.25 bits per heavy atom. The maximum atomic E-state index is 12.5. The van der Waals surface area contributed by atoms with Gasteiger partial charge >= 0.3 is 5.97 Å². The smallest absolute Gasteiger partial charge is 0.306 e. The van der Waals surface area contributed by atoms with Crippen LogP contribution in [0.2, 0.25) is 0 Å². The molecule has 1 aromatic carbocycles. The van der Waals surface area contributed by atoms with Crippen molar-refractivity contribution in [1.29, 1.82) is 0 Å². The molecular formula is C19H25NO4. The largest absolute Gasteiger partial charge is 0.488 e. The fraction of sp³-hybridized carbons (Fsp3) is 0.579. The average molecular weight is 331 g/mol. The van der Waals surface area contributed by atoms with E-state index in [9.17, 15) is 9.59 Å². The number of amides is 1. The van der Waals surface area contributed by atoms with Crippen molar-refractivity contribution in [3.63, 3.8) is 0 Å². The third-order valence-corrected chi connectivity index (χ3v) is 5.19. The Bertz CT molecular complexity index is 587. The van der Waals surface area contributed by atoms with Gasteiger partial charge in [-0.2, -0.15) is 0 Å². The predicted octanol–water partition coefficient (Wildman–Crippen LogP) is 3.84. The lowest BCUT2D eigenvalue weighted by atomic mass is 9.81. The van der Waals surface area contributed by atoms with Crippen LogP contribution in [0.4, 0.5) is 5.69 Å². The van der Waals surface area contributed by atoms with Gasteiger partial charge in [0.05, 0.1) is 17.7 Å². The maximum Gasteiger partial charge on any atom is 0.306 e. The van der Waals surface area contributed by atoms with E-state index in [2.05, 4.69) is 5.32 Å². The van der Waals surface area contributed by atoms with Crippen LogP contribution in [0.1, 0.15) is 51.4 Å². The lowest BCUT2D eigenvalue weighted by Crippen LogP contribution is -2.29. The first-order valence-corrected chi connectivity index (χ1v) is 8.93. The molecule has 2 aliphatic rings. The summed E-state index contributed by atoms with van der Waals surface area (Å²) in [5.74, 6) is -0.449. The quantitative estimate of drug-likeness (QED) is 0.859. The predicted molar refractivity (Wildman–Crippen MR) is 91.0 cm³/mol. The van der Waals surface area contributed by atoms with Crippen molar-refractivity contribution in [2.45, 2.75) is 57.5 Å². The second-order valence-electron chi connectivity index (χ2n) is 6.90. The van der Waals surface area contributed by atoms with Gasteiger partial charge in [-0.1, -0.05) is 12.1 Å². The molecule has 24 heavy (non-hydrogen) atoms. The SMILES string of the molecule is O=C(O)C1CCC(C(=O)Nc2ccccc2OC2CCCC2)CC1. The van der Waals surface area contributed by atoms with Crippen LogP contribution in [-0.4, -0.2) is 23.1 Å². The number of anilines is 1. The first-order valence-electron chi connectivity index (χ1n) is 8.93. The van der Waals surface area contributed by atoms with E-state index in [-0.39, 0.29) is 23.8 Å². The highest BCUT2D eigenvalue weighted by molar-refractivity contribution is 5.94. The van der Waals surface area contributed by atoms with Gasteiger partial charge in [0.25, 0.3) is 0 Å². The number of carbonyl (C=O) groups excluding carboxylic acids is 1. The van der Waals surface area contributed by atoms with Crippen molar-refractivity contribution in [2.24, 2.45) is 11.8 Å². The van der Waals surface area contributed by atoms with Gasteiger partial charge in [0.1, 0.15) is 5.75 Å². The number of carboxylic acid groups (broad SMARTS) is 1. The van der Waals surface area contributed by atoms with E-state index >= 15 is 0 Å². The first-order chi connectivity index (χ1) is 11.6. The van der Waals surface area contributed by atoms with E-state index in [1.807, 2.05) is 24.3 Å². The second kappa shape index (κ2) is 7.69. The highest BCUT2D eigenvalue weighted by atomic mass is 16.5. The van der Waals surface area contributed by atoms with E-state index in [4.69, 9.17) is 9.84 Å². The Hall–Kier alpha value is -2.04. The molecule has 0 unspecified atom stereocenters. The molecule has 2 fully saturated rings. The highest BCUT2D eigenvalue weighted by Gasteiger charge is 2.30. The molecule has 2 aliphatic carbocycles. The summed E-state index contributed by atoms with van der Waals surface area (Å²) in [4.78, 5) is 23.5. The Labute approximate surface area is 142 Å². The number of carboxylic acids is 1. The van der Waals surface area contributed by atoms with E-state index in [0.29, 0.717) is 25.7 Å². The molecule has 1 aromatic rings. The van der Waals surface area contributed by atoms with Crippen molar-refractivity contribution in [3.05, 3.63) is 24.3 Å². The molecule has 0 aromatic heterocycles. The van der Waals surface area contributed by atoms with E-state index in [1.165, 1.54) is 12.8 Å².